The van der Waals surface area contributed by atoms with Crippen molar-refractivity contribution in [3.05, 3.63) is 35.9 Å². The summed E-state index contributed by atoms with van der Waals surface area (Å²) in [5.41, 5.74) is -0.244. The quantitative estimate of drug-likeness (QED) is 0.486. The Bertz CT molecular complexity index is 655. The van der Waals surface area contributed by atoms with Gasteiger partial charge >= 0.3 is 5.97 Å². The average Bonchev–Trinajstić information content (AvgIpc) is 3.19. The first-order chi connectivity index (χ1) is 10.1. The zero-order valence-corrected chi connectivity index (χ0v) is 14.5. The molecule has 5 atom stereocenters. The van der Waals surface area contributed by atoms with Crippen LogP contribution in [-0.2, 0) is 9.30 Å². The largest absolute Gasteiger partial charge is 0.456 e. The van der Waals surface area contributed by atoms with Crippen LogP contribution < -0.4 is 0 Å². The molecule has 0 saturated heterocycles. The van der Waals surface area contributed by atoms with Crippen LogP contribution in [0, 0.1) is 11.8 Å². The van der Waals surface area contributed by atoms with Gasteiger partial charge in [-0.25, -0.2) is 4.79 Å². The molecule has 0 N–H and O–H groups in total. The molecule has 2 aliphatic rings. The fraction of sp³-hybridized carbons (Fsp3) is 0.588. The first-order valence-corrected chi connectivity index (χ1v) is 10.3. The number of esters is 1. The van der Waals surface area contributed by atoms with Gasteiger partial charge in [-0.05, 0) is 50.5 Å². The molecule has 0 aliphatic heterocycles. The number of carbonyl (C=O) groups is 1. The van der Waals surface area contributed by atoms with Gasteiger partial charge in [0.1, 0.15) is 5.60 Å². The molecule has 5 unspecified atom stereocenters. The molecule has 2 fully saturated rings. The van der Waals surface area contributed by atoms with E-state index in [2.05, 4.69) is 0 Å². The summed E-state index contributed by atoms with van der Waals surface area (Å²) in [5, 5.41) is -0.252. The van der Waals surface area contributed by atoms with Gasteiger partial charge in [-0.3, -0.25) is 0 Å². The van der Waals surface area contributed by atoms with Crippen molar-refractivity contribution >= 4 is 21.0 Å². The van der Waals surface area contributed by atoms with Gasteiger partial charge in [-0.2, -0.15) is 0 Å². The zero-order chi connectivity index (χ0) is 16.3. The van der Waals surface area contributed by atoms with E-state index in [1.165, 1.54) is 0 Å². The fourth-order valence-electron chi connectivity index (χ4n) is 4.49. The molecule has 5 heteroatoms. The summed E-state index contributed by atoms with van der Waals surface area (Å²) in [6.07, 6.45) is 0.887. The molecule has 116 valence electrons. The average molecular weight is 316 g/mol. The second kappa shape index (κ2) is 4.74. The second-order valence-corrected chi connectivity index (χ2v) is 10.9. The minimum Gasteiger partial charge on any atom is -0.456 e. The minimum absolute atomic E-state index is 0.00602. The van der Waals surface area contributed by atoms with Crippen LogP contribution >= 0.6 is 7.14 Å². The smallest absolute Gasteiger partial charge is 0.338 e. The summed E-state index contributed by atoms with van der Waals surface area (Å²) in [6.45, 7) is 7.60. The van der Waals surface area contributed by atoms with Gasteiger partial charge in [0.05, 0.1) is 20.6 Å². The Morgan fingerprint density at radius 2 is 1.91 bits per heavy atom. The Morgan fingerprint density at radius 3 is 2.41 bits per heavy atom. The van der Waals surface area contributed by atoms with Gasteiger partial charge in [0.2, 0.25) is 0 Å². The van der Waals surface area contributed by atoms with Crippen LogP contribution in [0.25, 0.3) is 0 Å². The van der Waals surface area contributed by atoms with Crippen molar-refractivity contribution in [1.82, 2.24) is 0 Å². The lowest BCUT2D eigenvalue weighted by atomic mass is 9.70. The number of hydrogen-bond acceptors (Lipinski definition) is 3. The number of hydrogen-bond donors (Lipinski definition) is 0. The fourth-order valence-corrected chi connectivity index (χ4v) is 7.27. The third-order valence-electron chi connectivity index (χ3n) is 6.06. The maximum Gasteiger partial charge on any atom is 0.338 e. The van der Waals surface area contributed by atoms with Crippen LogP contribution in [0.2, 0.25) is 5.82 Å². The number of ether oxygens (including phenoxy) is 1. The van der Waals surface area contributed by atoms with E-state index in [-0.39, 0.29) is 28.8 Å². The van der Waals surface area contributed by atoms with Gasteiger partial charge in [-0.15, -0.1) is 0 Å². The Hall–Kier alpha value is -1.02. The van der Waals surface area contributed by atoms with E-state index in [4.69, 9.17) is 12.6 Å². The van der Waals surface area contributed by atoms with E-state index in [1.54, 1.807) is 12.1 Å². The van der Waals surface area contributed by atoms with Gasteiger partial charge < -0.3 is 9.30 Å². The van der Waals surface area contributed by atoms with Gasteiger partial charge in [0, 0.05) is 11.1 Å². The predicted molar refractivity (Wildman–Crippen MR) is 89.2 cm³/mol. The van der Waals surface area contributed by atoms with Crippen molar-refractivity contribution in [3.63, 3.8) is 0 Å². The van der Waals surface area contributed by atoms with Crippen molar-refractivity contribution in [1.29, 1.82) is 0 Å². The topological polar surface area (TPSA) is 43.4 Å². The van der Waals surface area contributed by atoms with Gasteiger partial charge in [-0.1, -0.05) is 25.1 Å². The van der Waals surface area contributed by atoms with Crippen molar-refractivity contribution in [2.75, 3.05) is 13.3 Å². The normalized spacial score (nSPS) is 40.1. The van der Waals surface area contributed by atoms with E-state index in [1.807, 2.05) is 45.4 Å². The summed E-state index contributed by atoms with van der Waals surface area (Å²) in [5.74, 6) is -0.433. The highest BCUT2D eigenvalue weighted by Gasteiger charge is 2.77. The van der Waals surface area contributed by atoms with Crippen LogP contribution in [-0.4, -0.2) is 37.9 Å². The van der Waals surface area contributed by atoms with Crippen LogP contribution in [0.1, 0.15) is 30.6 Å². The summed E-state index contributed by atoms with van der Waals surface area (Å²) >= 11 is 0. The molecule has 2 saturated carbocycles. The molecule has 1 aromatic carbocycles. The molecule has 1 aromatic rings. The standard InChI is InChI=1S/C17H22BO3P/c1-11-16(2,21-15(19)12-8-6-5-7-9-12)14(18)13-10-17(11,13)22(3,4)20/h5-9,11,13-14H,10H2,1-4H3. The molecule has 2 radical (unpaired) electrons. The molecule has 2 aliphatic carbocycles. The summed E-state index contributed by atoms with van der Waals surface area (Å²) in [4.78, 5) is 12.4. The van der Waals surface area contributed by atoms with E-state index >= 15 is 0 Å². The lowest BCUT2D eigenvalue weighted by Gasteiger charge is -2.39. The zero-order valence-electron chi connectivity index (χ0n) is 13.6. The molecule has 0 bridgehead atoms. The number of benzene rings is 1. The second-order valence-electron chi connectivity index (χ2n) is 7.34. The Balaban J connectivity index is 1.88. The van der Waals surface area contributed by atoms with Crippen LogP contribution in [0.5, 0.6) is 0 Å². The van der Waals surface area contributed by atoms with E-state index in [0.29, 0.717) is 5.56 Å². The Kier molecular flexibility index (Phi) is 3.42. The molecular formula is C17H22BO3P. The number of rotatable bonds is 3. The van der Waals surface area contributed by atoms with Crippen LogP contribution in [0.3, 0.4) is 0 Å². The third kappa shape index (κ3) is 1.96. The number of carbonyl (C=O) groups excluding carboxylic acids is 1. The SMILES string of the molecule is [B]C1C2CC2(P(C)(C)=O)C(C)C1(C)OC(=O)c1ccccc1. The Labute approximate surface area is 133 Å². The van der Waals surface area contributed by atoms with Gasteiger partial charge in [0.15, 0.2) is 0 Å². The lowest BCUT2D eigenvalue weighted by Crippen LogP contribution is -2.43. The molecule has 0 amide bonds. The molecule has 3 rings (SSSR count). The first kappa shape index (κ1) is 15.9. The first-order valence-electron chi connectivity index (χ1n) is 7.73. The molecular weight excluding hydrogens is 294 g/mol. The maximum absolute atomic E-state index is 12.8. The highest BCUT2D eigenvalue weighted by molar-refractivity contribution is 7.64. The van der Waals surface area contributed by atoms with E-state index < -0.39 is 12.7 Å². The van der Waals surface area contributed by atoms with Crippen molar-refractivity contribution in [2.24, 2.45) is 11.8 Å². The monoisotopic (exact) mass is 316 g/mol. The molecule has 22 heavy (non-hydrogen) atoms. The van der Waals surface area contributed by atoms with Gasteiger partial charge in [0.25, 0.3) is 0 Å². The lowest BCUT2D eigenvalue weighted by molar-refractivity contribution is -0.0314. The Morgan fingerprint density at radius 1 is 1.32 bits per heavy atom. The molecule has 3 nitrogen and oxygen atoms in total. The molecule has 0 aromatic heterocycles. The van der Waals surface area contributed by atoms with E-state index in [9.17, 15) is 9.36 Å². The maximum atomic E-state index is 12.8. The third-order valence-corrected chi connectivity index (χ3v) is 8.97. The van der Waals surface area contributed by atoms with Crippen LogP contribution in [0.4, 0.5) is 0 Å². The number of fused-ring (bicyclic) bond motifs is 1. The molecule has 0 spiro atoms. The summed E-state index contributed by atoms with van der Waals surface area (Å²) in [6, 6.07) is 8.94. The van der Waals surface area contributed by atoms with Crippen molar-refractivity contribution in [2.45, 2.75) is 36.8 Å². The highest BCUT2D eigenvalue weighted by Crippen LogP contribution is 2.82. The minimum atomic E-state index is -2.31. The molecule has 0 heterocycles. The van der Waals surface area contributed by atoms with Crippen molar-refractivity contribution in [3.8, 4) is 0 Å². The van der Waals surface area contributed by atoms with Crippen LogP contribution in [0.15, 0.2) is 30.3 Å². The van der Waals surface area contributed by atoms with Crippen molar-refractivity contribution < 1.29 is 14.1 Å². The summed E-state index contributed by atoms with van der Waals surface area (Å²) in [7, 11) is 4.09. The highest BCUT2D eigenvalue weighted by atomic mass is 31.2. The van der Waals surface area contributed by atoms with E-state index in [0.717, 1.165) is 6.42 Å². The summed E-state index contributed by atoms with van der Waals surface area (Å²) < 4.78 is 18.6. The predicted octanol–water partition coefficient (Wildman–Crippen LogP) is 3.59.